The van der Waals surface area contributed by atoms with Crippen molar-refractivity contribution in [2.75, 3.05) is 0 Å². The highest BCUT2D eigenvalue weighted by molar-refractivity contribution is 9.10. The van der Waals surface area contributed by atoms with Gasteiger partial charge in [-0.15, -0.1) is 0 Å². The first-order chi connectivity index (χ1) is 10.1. The third-order valence-electron chi connectivity index (χ3n) is 3.32. The Balaban J connectivity index is 2.15. The molecule has 21 heavy (non-hydrogen) atoms. The van der Waals surface area contributed by atoms with Crippen LogP contribution in [-0.2, 0) is 0 Å². The number of benzene rings is 1. The minimum absolute atomic E-state index is 0.0717. The van der Waals surface area contributed by atoms with Crippen LogP contribution in [0.2, 0.25) is 0 Å². The Morgan fingerprint density at radius 3 is 2.14 bits per heavy atom. The molecule has 3 aromatic rings. The largest absolute Gasteiger partial charge is 0.364 e. The molecule has 1 aromatic carbocycles. The van der Waals surface area contributed by atoms with Crippen LogP contribution in [0, 0.1) is 10.1 Å². The van der Waals surface area contributed by atoms with Crippen LogP contribution < -0.4 is 0 Å². The first-order valence-corrected chi connectivity index (χ1v) is 7.16. The van der Waals surface area contributed by atoms with Gasteiger partial charge in [0, 0.05) is 40.4 Å². The molecule has 0 radical (unpaired) electrons. The van der Waals surface area contributed by atoms with E-state index in [0.717, 1.165) is 17.0 Å². The number of hydrogen-bond acceptors (Lipinski definition) is 2. The summed E-state index contributed by atoms with van der Waals surface area (Å²) in [7, 11) is 0. The Morgan fingerprint density at radius 2 is 1.67 bits per heavy atom. The minimum Gasteiger partial charge on any atom is -0.364 e. The summed E-state index contributed by atoms with van der Waals surface area (Å²) in [5, 5.41) is 11.1. The molecule has 0 amide bonds. The van der Waals surface area contributed by atoms with Gasteiger partial charge in [0.05, 0.1) is 10.8 Å². The van der Waals surface area contributed by atoms with Crippen molar-refractivity contribution in [2.45, 2.75) is 5.92 Å². The van der Waals surface area contributed by atoms with Crippen LogP contribution in [0.5, 0.6) is 0 Å². The molecule has 0 unspecified atom stereocenters. The Morgan fingerprint density at radius 1 is 1.05 bits per heavy atom. The van der Waals surface area contributed by atoms with Crippen LogP contribution in [0.3, 0.4) is 0 Å². The van der Waals surface area contributed by atoms with Crippen molar-refractivity contribution in [3.8, 4) is 0 Å². The minimum atomic E-state index is -0.380. The van der Waals surface area contributed by atoms with Crippen molar-refractivity contribution >= 4 is 21.6 Å². The van der Waals surface area contributed by atoms with E-state index in [-0.39, 0.29) is 16.5 Å². The highest BCUT2D eigenvalue weighted by Gasteiger charge is 2.21. The van der Waals surface area contributed by atoms with E-state index in [1.54, 1.807) is 6.07 Å². The number of aromatic nitrogens is 2. The van der Waals surface area contributed by atoms with Gasteiger partial charge in [-0.25, -0.2) is 0 Å². The molecule has 2 N–H and O–H groups in total. The fourth-order valence-corrected chi connectivity index (χ4v) is 2.94. The Labute approximate surface area is 129 Å². The smallest absolute Gasteiger partial charge is 0.270 e. The van der Waals surface area contributed by atoms with Gasteiger partial charge in [-0.2, -0.15) is 0 Å². The van der Waals surface area contributed by atoms with Crippen molar-refractivity contribution in [1.82, 2.24) is 9.97 Å². The molecule has 0 atom stereocenters. The number of nitro groups is 1. The number of aromatic amines is 2. The second-order valence-electron chi connectivity index (χ2n) is 4.68. The lowest BCUT2D eigenvalue weighted by atomic mass is 9.92. The van der Waals surface area contributed by atoms with Gasteiger partial charge < -0.3 is 9.97 Å². The Hall–Kier alpha value is -2.34. The van der Waals surface area contributed by atoms with Gasteiger partial charge in [-0.1, -0.05) is 15.9 Å². The zero-order chi connectivity index (χ0) is 14.8. The second kappa shape index (κ2) is 5.57. The van der Waals surface area contributed by atoms with Crippen molar-refractivity contribution in [3.05, 3.63) is 86.4 Å². The molecule has 106 valence electrons. The Kier molecular flexibility index (Phi) is 3.62. The summed E-state index contributed by atoms with van der Waals surface area (Å²) in [4.78, 5) is 17.1. The van der Waals surface area contributed by atoms with Crippen molar-refractivity contribution in [1.29, 1.82) is 0 Å². The lowest BCUT2D eigenvalue weighted by Gasteiger charge is -2.15. The number of halogens is 1. The topological polar surface area (TPSA) is 74.7 Å². The Bertz CT molecular complexity index is 717. The van der Waals surface area contributed by atoms with E-state index in [9.17, 15) is 10.1 Å². The van der Waals surface area contributed by atoms with Crippen LogP contribution in [-0.4, -0.2) is 14.9 Å². The number of nitrogens with zero attached hydrogens (tertiary/aromatic N) is 1. The monoisotopic (exact) mass is 345 g/mol. The molecule has 6 heteroatoms. The quantitative estimate of drug-likeness (QED) is 0.549. The fourth-order valence-electron chi connectivity index (χ4n) is 2.44. The third kappa shape index (κ3) is 2.75. The first-order valence-electron chi connectivity index (χ1n) is 6.36. The maximum Gasteiger partial charge on any atom is 0.270 e. The van der Waals surface area contributed by atoms with Gasteiger partial charge >= 0.3 is 0 Å². The second-order valence-corrected chi connectivity index (χ2v) is 5.60. The predicted octanol–water partition coefficient (Wildman–Crippen LogP) is 4.19. The highest BCUT2D eigenvalue weighted by atomic mass is 79.9. The van der Waals surface area contributed by atoms with Crippen LogP contribution in [0.25, 0.3) is 0 Å². The van der Waals surface area contributed by atoms with Crippen molar-refractivity contribution in [2.24, 2.45) is 0 Å². The molecule has 0 saturated heterocycles. The van der Waals surface area contributed by atoms with Gasteiger partial charge in [0.1, 0.15) is 0 Å². The molecule has 2 aromatic heterocycles. The SMILES string of the molecule is O=[N+]([O-])c1cc(Br)cc(C(c2ccc[nH]2)c2ccc[nH]2)c1. The van der Waals surface area contributed by atoms with E-state index in [4.69, 9.17) is 0 Å². The molecular weight excluding hydrogens is 334 g/mol. The lowest BCUT2D eigenvalue weighted by molar-refractivity contribution is -0.385. The number of H-pyrrole nitrogens is 2. The molecular formula is C15H12BrN3O2. The zero-order valence-corrected chi connectivity index (χ0v) is 12.5. The fraction of sp³-hybridized carbons (Fsp3) is 0.0667. The highest BCUT2D eigenvalue weighted by Crippen LogP contribution is 2.33. The summed E-state index contributed by atoms with van der Waals surface area (Å²) >= 11 is 3.35. The summed E-state index contributed by atoms with van der Waals surface area (Å²) in [5.74, 6) is -0.105. The number of rotatable bonds is 4. The van der Waals surface area contributed by atoms with E-state index in [1.807, 2.05) is 42.7 Å². The van der Waals surface area contributed by atoms with Crippen molar-refractivity contribution < 1.29 is 4.92 Å². The van der Waals surface area contributed by atoms with E-state index in [1.165, 1.54) is 6.07 Å². The molecule has 0 aliphatic heterocycles. The summed E-state index contributed by atoms with van der Waals surface area (Å²) in [5.41, 5.74) is 2.87. The normalized spacial score (nSPS) is 11.0. The molecule has 0 saturated carbocycles. The number of hydrogen-bond donors (Lipinski definition) is 2. The maximum atomic E-state index is 11.1. The molecule has 0 fully saturated rings. The summed E-state index contributed by atoms with van der Waals surface area (Å²) in [6, 6.07) is 12.8. The number of nitro benzene ring substituents is 1. The van der Waals surface area contributed by atoms with Crippen LogP contribution in [0.4, 0.5) is 5.69 Å². The molecule has 2 heterocycles. The molecule has 5 nitrogen and oxygen atoms in total. The van der Waals surface area contributed by atoms with Gasteiger partial charge in [-0.05, 0) is 35.9 Å². The average molecular weight is 346 g/mol. The third-order valence-corrected chi connectivity index (χ3v) is 3.77. The molecule has 0 spiro atoms. The number of non-ortho nitro benzene ring substituents is 1. The zero-order valence-electron chi connectivity index (χ0n) is 10.9. The van der Waals surface area contributed by atoms with E-state index in [0.29, 0.717) is 4.47 Å². The van der Waals surface area contributed by atoms with E-state index < -0.39 is 0 Å². The lowest BCUT2D eigenvalue weighted by Crippen LogP contribution is -2.05. The maximum absolute atomic E-state index is 11.1. The number of nitrogens with one attached hydrogen (secondary N) is 2. The van der Waals surface area contributed by atoms with Crippen LogP contribution in [0.15, 0.2) is 59.3 Å². The molecule has 0 aliphatic carbocycles. The standard InChI is InChI=1S/C15H12BrN3O2/c16-11-7-10(8-12(9-11)19(20)21)15(13-3-1-5-17-13)14-4-2-6-18-14/h1-9,15,17-18H. The van der Waals surface area contributed by atoms with Gasteiger partial charge in [-0.3, -0.25) is 10.1 Å². The first kappa shape index (κ1) is 13.6. The van der Waals surface area contributed by atoms with Crippen LogP contribution >= 0.6 is 15.9 Å². The average Bonchev–Trinajstić information content (AvgIpc) is 3.12. The molecule has 0 aliphatic rings. The van der Waals surface area contributed by atoms with Gasteiger partial charge in [0.2, 0.25) is 0 Å². The van der Waals surface area contributed by atoms with Crippen LogP contribution in [0.1, 0.15) is 22.9 Å². The predicted molar refractivity (Wildman–Crippen MR) is 83.3 cm³/mol. The summed E-state index contributed by atoms with van der Waals surface area (Å²) in [6.07, 6.45) is 3.69. The molecule has 3 rings (SSSR count). The van der Waals surface area contributed by atoms with Gasteiger partial charge in [0.25, 0.3) is 5.69 Å². The van der Waals surface area contributed by atoms with E-state index >= 15 is 0 Å². The van der Waals surface area contributed by atoms with E-state index in [2.05, 4.69) is 25.9 Å². The van der Waals surface area contributed by atoms with Gasteiger partial charge in [0.15, 0.2) is 0 Å². The summed E-state index contributed by atoms with van der Waals surface area (Å²) in [6.45, 7) is 0. The van der Waals surface area contributed by atoms with Crippen molar-refractivity contribution in [3.63, 3.8) is 0 Å². The summed E-state index contributed by atoms with van der Waals surface area (Å²) < 4.78 is 0.690. The molecule has 0 bridgehead atoms.